The highest BCUT2D eigenvalue weighted by Gasteiger charge is 2.09. The molecular weight excluding hydrogens is 280 g/mol. The van der Waals surface area contributed by atoms with Gasteiger partial charge < -0.3 is 5.32 Å². The van der Waals surface area contributed by atoms with Gasteiger partial charge in [-0.1, -0.05) is 17.7 Å². The largest absolute Gasteiger partial charge is 0.381 e. The van der Waals surface area contributed by atoms with E-state index in [0.717, 1.165) is 4.68 Å². The van der Waals surface area contributed by atoms with E-state index in [-0.39, 0.29) is 29.6 Å². The van der Waals surface area contributed by atoms with Gasteiger partial charge in [-0.3, -0.25) is 4.79 Å². The fourth-order valence-corrected chi connectivity index (χ4v) is 1.77. The number of allylic oxidation sites excluding steroid dienone is 1. The molecule has 18 heavy (non-hydrogen) atoms. The van der Waals surface area contributed by atoms with E-state index >= 15 is 0 Å². The Bertz CT molecular complexity index is 596. The lowest BCUT2D eigenvalue weighted by molar-refractivity contribution is 0.598. The predicted octanol–water partition coefficient (Wildman–Crippen LogP) is -0.217. The number of nitrogens with one attached hydrogen (secondary N) is 1. The van der Waals surface area contributed by atoms with Gasteiger partial charge in [-0.25, -0.2) is 18.2 Å². The van der Waals surface area contributed by atoms with E-state index in [1.165, 1.54) is 12.3 Å². The Morgan fingerprint density at radius 3 is 2.83 bits per heavy atom. The summed E-state index contributed by atoms with van der Waals surface area (Å²) >= 11 is 5.83. The van der Waals surface area contributed by atoms with Crippen molar-refractivity contribution in [2.75, 3.05) is 17.6 Å². The van der Waals surface area contributed by atoms with Crippen LogP contribution in [0.25, 0.3) is 0 Å². The number of anilines is 1. The highest BCUT2D eigenvalue weighted by molar-refractivity contribution is 7.89. The van der Waals surface area contributed by atoms with E-state index in [9.17, 15) is 13.2 Å². The van der Waals surface area contributed by atoms with Crippen molar-refractivity contribution in [2.24, 2.45) is 5.14 Å². The van der Waals surface area contributed by atoms with Crippen molar-refractivity contribution >= 4 is 27.3 Å². The monoisotopic (exact) mass is 292 g/mol. The maximum absolute atomic E-state index is 11.7. The molecule has 0 spiro atoms. The van der Waals surface area contributed by atoms with Crippen LogP contribution in [0.3, 0.4) is 0 Å². The van der Waals surface area contributed by atoms with Crippen LogP contribution in [0.15, 0.2) is 23.6 Å². The number of nitrogens with zero attached hydrogens (tertiary/aromatic N) is 2. The third-order valence-electron chi connectivity index (χ3n) is 1.99. The van der Waals surface area contributed by atoms with Gasteiger partial charge in [0.25, 0.3) is 5.56 Å². The van der Waals surface area contributed by atoms with Gasteiger partial charge in [-0.05, 0) is 0 Å². The lowest BCUT2D eigenvalue weighted by Gasteiger charge is -2.08. The predicted molar refractivity (Wildman–Crippen MR) is 70.2 cm³/mol. The number of aromatic nitrogens is 2. The van der Waals surface area contributed by atoms with Crippen LogP contribution in [-0.4, -0.2) is 30.5 Å². The minimum absolute atomic E-state index is 0.0468. The van der Waals surface area contributed by atoms with Crippen molar-refractivity contribution in [3.05, 3.63) is 34.2 Å². The first-order chi connectivity index (χ1) is 8.35. The molecule has 0 aliphatic carbocycles. The minimum Gasteiger partial charge on any atom is -0.381 e. The summed E-state index contributed by atoms with van der Waals surface area (Å²) in [6.45, 7) is 3.78. The zero-order valence-electron chi connectivity index (χ0n) is 9.47. The standard InChI is InChI=1S/C9H13ClN4O3S/c1-2-4-14-9(15)8(10)7(6-13-14)12-3-5-18(11,16)17/h2,6,12H,1,3-5H2,(H2,11,16,17). The Labute approximate surface area is 109 Å². The van der Waals surface area contributed by atoms with E-state index in [0.29, 0.717) is 0 Å². The smallest absolute Gasteiger partial charge is 0.287 e. The van der Waals surface area contributed by atoms with E-state index in [2.05, 4.69) is 17.0 Å². The molecular formula is C9H13ClN4O3S. The molecule has 1 aromatic heterocycles. The van der Waals surface area contributed by atoms with Gasteiger partial charge in [0, 0.05) is 6.54 Å². The maximum Gasteiger partial charge on any atom is 0.287 e. The van der Waals surface area contributed by atoms with Gasteiger partial charge in [-0.15, -0.1) is 6.58 Å². The molecule has 0 radical (unpaired) electrons. The van der Waals surface area contributed by atoms with Crippen LogP contribution in [0.5, 0.6) is 0 Å². The normalized spacial score (nSPS) is 11.2. The van der Waals surface area contributed by atoms with Crippen molar-refractivity contribution in [1.29, 1.82) is 0 Å². The van der Waals surface area contributed by atoms with Crippen LogP contribution in [-0.2, 0) is 16.6 Å². The van der Waals surface area contributed by atoms with Crippen LogP contribution in [0.2, 0.25) is 5.02 Å². The van der Waals surface area contributed by atoms with Gasteiger partial charge in [0.1, 0.15) is 5.02 Å². The summed E-state index contributed by atoms with van der Waals surface area (Å²) in [6.07, 6.45) is 2.86. The molecule has 0 unspecified atom stereocenters. The number of rotatable bonds is 6. The zero-order chi connectivity index (χ0) is 13.8. The third-order valence-corrected chi connectivity index (χ3v) is 3.13. The molecule has 0 bridgehead atoms. The molecule has 1 rings (SSSR count). The second-order valence-electron chi connectivity index (χ2n) is 3.44. The summed E-state index contributed by atoms with van der Waals surface area (Å²) in [5.74, 6) is -0.265. The van der Waals surface area contributed by atoms with Crippen LogP contribution in [0, 0.1) is 0 Å². The summed E-state index contributed by atoms with van der Waals surface area (Å²) in [5.41, 5.74) is -0.206. The highest BCUT2D eigenvalue weighted by atomic mass is 35.5. The molecule has 3 N–H and O–H groups in total. The average Bonchev–Trinajstić information content (AvgIpc) is 2.27. The Morgan fingerprint density at radius 2 is 2.28 bits per heavy atom. The molecule has 100 valence electrons. The Morgan fingerprint density at radius 1 is 1.61 bits per heavy atom. The lowest BCUT2D eigenvalue weighted by atomic mass is 10.4. The first-order valence-corrected chi connectivity index (χ1v) is 7.05. The Kier molecular flexibility index (Phi) is 4.88. The zero-order valence-corrected chi connectivity index (χ0v) is 11.0. The molecule has 9 heteroatoms. The molecule has 0 saturated heterocycles. The minimum atomic E-state index is -3.56. The second kappa shape index (κ2) is 5.98. The van der Waals surface area contributed by atoms with Gasteiger partial charge in [0.15, 0.2) is 0 Å². The average molecular weight is 293 g/mol. The highest BCUT2D eigenvalue weighted by Crippen LogP contribution is 2.14. The number of nitrogens with two attached hydrogens (primary N) is 1. The number of primary sulfonamides is 1. The van der Waals surface area contributed by atoms with E-state index in [4.69, 9.17) is 16.7 Å². The van der Waals surface area contributed by atoms with Gasteiger partial charge in [-0.2, -0.15) is 5.10 Å². The third kappa shape index (κ3) is 4.13. The summed E-state index contributed by atoms with van der Waals surface area (Å²) < 4.78 is 22.6. The second-order valence-corrected chi connectivity index (χ2v) is 5.55. The van der Waals surface area contributed by atoms with E-state index in [1.807, 2.05) is 0 Å². The van der Waals surface area contributed by atoms with E-state index < -0.39 is 15.6 Å². The van der Waals surface area contributed by atoms with Crippen molar-refractivity contribution in [2.45, 2.75) is 6.54 Å². The van der Waals surface area contributed by atoms with Crippen LogP contribution in [0.4, 0.5) is 5.69 Å². The molecule has 1 aromatic rings. The maximum atomic E-state index is 11.7. The van der Waals surface area contributed by atoms with Crippen molar-refractivity contribution < 1.29 is 8.42 Å². The molecule has 0 aliphatic heterocycles. The summed E-state index contributed by atoms with van der Waals surface area (Å²) in [4.78, 5) is 11.7. The number of hydrogen-bond acceptors (Lipinski definition) is 5. The summed E-state index contributed by atoms with van der Waals surface area (Å²) in [5, 5.41) is 11.3. The topological polar surface area (TPSA) is 107 Å². The van der Waals surface area contributed by atoms with Crippen molar-refractivity contribution in [3.63, 3.8) is 0 Å². The quantitative estimate of drug-likeness (QED) is 0.705. The number of sulfonamides is 1. The molecule has 0 saturated carbocycles. The van der Waals surface area contributed by atoms with Crippen LogP contribution >= 0.6 is 11.6 Å². The first kappa shape index (κ1) is 14.7. The van der Waals surface area contributed by atoms with Crippen LogP contribution < -0.4 is 16.0 Å². The summed E-state index contributed by atoms with van der Waals surface area (Å²) in [6, 6.07) is 0. The lowest BCUT2D eigenvalue weighted by Crippen LogP contribution is -2.26. The Balaban J connectivity index is 2.83. The van der Waals surface area contributed by atoms with E-state index in [1.54, 1.807) is 0 Å². The van der Waals surface area contributed by atoms with Gasteiger partial charge in [0.2, 0.25) is 10.0 Å². The number of hydrogen-bond donors (Lipinski definition) is 2. The molecule has 0 aliphatic rings. The number of halogens is 1. The molecule has 7 nitrogen and oxygen atoms in total. The summed E-state index contributed by atoms with van der Waals surface area (Å²) in [7, 11) is -3.56. The molecule has 0 aromatic carbocycles. The SMILES string of the molecule is C=CCn1ncc(NCCS(N)(=O)=O)c(Cl)c1=O. The van der Waals surface area contributed by atoms with Gasteiger partial charge in [0.05, 0.1) is 24.2 Å². The molecule has 0 amide bonds. The van der Waals surface area contributed by atoms with Crippen molar-refractivity contribution in [3.8, 4) is 0 Å². The molecule has 0 atom stereocenters. The van der Waals surface area contributed by atoms with Gasteiger partial charge >= 0.3 is 0 Å². The fraction of sp³-hybridized carbons (Fsp3) is 0.333. The van der Waals surface area contributed by atoms with Crippen LogP contribution in [0.1, 0.15) is 0 Å². The fourth-order valence-electron chi connectivity index (χ4n) is 1.17. The molecule has 0 fully saturated rings. The first-order valence-electron chi connectivity index (χ1n) is 4.96. The van der Waals surface area contributed by atoms with Crippen molar-refractivity contribution in [1.82, 2.24) is 9.78 Å². The Hall–Kier alpha value is -1.38. The molecule has 1 heterocycles.